The zero-order chi connectivity index (χ0) is 16.0. The lowest BCUT2D eigenvalue weighted by molar-refractivity contribution is -0.126. The van der Waals surface area contributed by atoms with Gasteiger partial charge in [-0.1, -0.05) is 13.8 Å². The largest absolute Gasteiger partial charge is 0.328 e. The van der Waals surface area contributed by atoms with Crippen molar-refractivity contribution in [2.24, 2.45) is 4.99 Å². The van der Waals surface area contributed by atoms with E-state index in [9.17, 15) is 9.59 Å². The molecule has 2 atom stereocenters. The fourth-order valence-corrected chi connectivity index (χ4v) is 2.88. The average molecular weight is 304 g/mol. The SMILES string of the molecule is CCc1cc(CC)n(C2=NC3C(C(=O)NC(=O)N3C)N2C)n1. The van der Waals surface area contributed by atoms with Crippen LogP contribution in [0.1, 0.15) is 25.2 Å². The van der Waals surface area contributed by atoms with Crippen molar-refractivity contribution in [2.75, 3.05) is 14.1 Å². The number of hydrogen-bond acceptors (Lipinski definition) is 5. The van der Waals surface area contributed by atoms with Crippen LogP contribution in [-0.4, -0.2) is 63.8 Å². The van der Waals surface area contributed by atoms with Gasteiger partial charge in [0, 0.05) is 19.8 Å². The van der Waals surface area contributed by atoms with Crippen LogP contribution in [-0.2, 0) is 17.6 Å². The molecule has 0 saturated carbocycles. The van der Waals surface area contributed by atoms with Gasteiger partial charge in [-0.25, -0.2) is 14.5 Å². The lowest BCUT2D eigenvalue weighted by Crippen LogP contribution is -2.63. The first-order chi connectivity index (χ1) is 10.5. The van der Waals surface area contributed by atoms with Crippen LogP contribution in [0.2, 0.25) is 0 Å². The Morgan fingerprint density at radius 1 is 1.18 bits per heavy atom. The van der Waals surface area contributed by atoms with Crippen molar-refractivity contribution in [3.05, 3.63) is 17.5 Å². The number of carbonyl (C=O) groups excluding carboxylic acids is 2. The van der Waals surface area contributed by atoms with E-state index in [1.807, 2.05) is 13.0 Å². The summed E-state index contributed by atoms with van der Waals surface area (Å²) in [4.78, 5) is 31.7. The molecule has 0 aromatic carbocycles. The number of aryl methyl sites for hydroxylation is 2. The molecule has 2 aliphatic rings. The molecule has 2 aliphatic heterocycles. The Labute approximate surface area is 128 Å². The van der Waals surface area contributed by atoms with Crippen molar-refractivity contribution in [3.63, 3.8) is 0 Å². The quantitative estimate of drug-likeness (QED) is 0.836. The third-order valence-electron chi connectivity index (χ3n) is 4.23. The maximum Gasteiger partial charge on any atom is 0.325 e. The van der Waals surface area contributed by atoms with Gasteiger partial charge in [-0.15, -0.1) is 0 Å². The van der Waals surface area contributed by atoms with Gasteiger partial charge in [-0.05, 0) is 18.9 Å². The van der Waals surface area contributed by atoms with E-state index < -0.39 is 18.2 Å². The zero-order valence-corrected chi connectivity index (χ0v) is 13.2. The predicted molar refractivity (Wildman–Crippen MR) is 80.5 cm³/mol. The van der Waals surface area contributed by atoms with Gasteiger partial charge < -0.3 is 9.80 Å². The minimum Gasteiger partial charge on any atom is -0.328 e. The van der Waals surface area contributed by atoms with Crippen LogP contribution in [0.25, 0.3) is 0 Å². The Hall–Kier alpha value is -2.38. The standard InChI is InChI=1S/C14H20N6O2/c1-5-8-7-9(6-2)20(17-8)13-15-11-10(18(13)3)12(21)16-14(22)19(11)4/h7,10-11H,5-6H2,1-4H3,(H,16,21,22). The van der Waals surface area contributed by atoms with Gasteiger partial charge in [0.15, 0.2) is 12.2 Å². The van der Waals surface area contributed by atoms with Gasteiger partial charge in [0.25, 0.3) is 5.91 Å². The Bertz CT molecular complexity index is 664. The number of imide groups is 1. The molecule has 1 N–H and O–H groups in total. The molecule has 3 heterocycles. The van der Waals surface area contributed by atoms with E-state index in [4.69, 9.17) is 0 Å². The number of hydrogen-bond donors (Lipinski definition) is 1. The van der Waals surface area contributed by atoms with Crippen LogP contribution in [0.15, 0.2) is 11.1 Å². The molecule has 0 spiro atoms. The highest BCUT2D eigenvalue weighted by atomic mass is 16.2. The first-order valence-electron chi connectivity index (χ1n) is 7.44. The highest BCUT2D eigenvalue weighted by Crippen LogP contribution is 2.24. The highest BCUT2D eigenvalue weighted by molar-refractivity contribution is 6.03. The molecular weight excluding hydrogens is 284 g/mol. The summed E-state index contributed by atoms with van der Waals surface area (Å²) in [5.74, 6) is 0.276. The summed E-state index contributed by atoms with van der Waals surface area (Å²) in [6.07, 6.45) is 1.14. The molecule has 1 saturated heterocycles. The van der Waals surface area contributed by atoms with E-state index in [0.717, 1.165) is 24.2 Å². The Balaban J connectivity index is 2.03. The van der Waals surface area contributed by atoms with Gasteiger partial charge >= 0.3 is 6.03 Å². The van der Waals surface area contributed by atoms with Crippen molar-refractivity contribution >= 4 is 17.9 Å². The number of aromatic nitrogens is 2. The molecule has 0 bridgehead atoms. The number of carbonyl (C=O) groups is 2. The first kappa shape index (κ1) is 14.6. The van der Waals surface area contributed by atoms with E-state index in [0.29, 0.717) is 5.96 Å². The number of rotatable bonds is 2. The Morgan fingerprint density at radius 2 is 1.91 bits per heavy atom. The third kappa shape index (κ3) is 1.98. The van der Waals surface area contributed by atoms with E-state index in [1.165, 1.54) is 4.90 Å². The molecule has 0 aliphatic carbocycles. The van der Waals surface area contributed by atoms with E-state index in [1.54, 1.807) is 23.7 Å². The molecule has 1 fully saturated rings. The van der Waals surface area contributed by atoms with E-state index >= 15 is 0 Å². The number of likely N-dealkylation sites (N-methyl/N-ethyl adjacent to an activating group) is 2. The van der Waals surface area contributed by atoms with Gasteiger partial charge in [-0.2, -0.15) is 5.10 Å². The van der Waals surface area contributed by atoms with Gasteiger partial charge in [0.1, 0.15) is 0 Å². The van der Waals surface area contributed by atoms with Crippen molar-refractivity contribution in [2.45, 2.75) is 38.9 Å². The number of urea groups is 1. The lowest BCUT2D eigenvalue weighted by atomic mass is 10.1. The van der Waals surface area contributed by atoms with E-state index in [-0.39, 0.29) is 5.91 Å². The van der Waals surface area contributed by atoms with Crippen molar-refractivity contribution in [1.82, 2.24) is 24.9 Å². The zero-order valence-electron chi connectivity index (χ0n) is 13.2. The summed E-state index contributed by atoms with van der Waals surface area (Å²) >= 11 is 0. The summed E-state index contributed by atoms with van der Waals surface area (Å²) in [6, 6.07) is 1.11. The highest BCUT2D eigenvalue weighted by Gasteiger charge is 2.48. The van der Waals surface area contributed by atoms with Crippen molar-refractivity contribution in [1.29, 1.82) is 0 Å². The molecule has 8 heteroatoms. The maximum absolute atomic E-state index is 12.1. The molecule has 1 aromatic rings. The smallest absolute Gasteiger partial charge is 0.325 e. The van der Waals surface area contributed by atoms with Crippen molar-refractivity contribution in [3.8, 4) is 0 Å². The molecule has 3 rings (SSSR count). The summed E-state index contributed by atoms with van der Waals surface area (Å²) in [5.41, 5.74) is 2.02. The molecule has 3 amide bonds. The van der Waals surface area contributed by atoms with Crippen LogP contribution < -0.4 is 5.32 Å². The second-order valence-electron chi connectivity index (χ2n) is 5.55. The predicted octanol–water partition coefficient (Wildman–Crippen LogP) is 0.0337. The topological polar surface area (TPSA) is 82.8 Å². The van der Waals surface area contributed by atoms with Crippen LogP contribution in [0.3, 0.4) is 0 Å². The van der Waals surface area contributed by atoms with Crippen LogP contribution in [0.4, 0.5) is 4.79 Å². The number of fused-ring (bicyclic) bond motifs is 1. The molecule has 118 valence electrons. The lowest BCUT2D eigenvalue weighted by Gasteiger charge is -2.34. The molecule has 0 radical (unpaired) electrons. The van der Waals surface area contributed by atoms with Crippen LogP contribution in [0, 0.1) is 0 Å². The summed E-state index contributed by atoms with van der Waals surface area (Å²) in [6.45, 7) is 4.10. The van der Waals surface area contributed by atoms with E-state index in [2.05, 4.69) is 22.3 Å². The molecule has 8 nitrogen and oxygen atoms in total. The number of amides is 3. The average Bonchev–Trinajstić information content (AvgIpc) is 3.05. The first-order valence-corrected chi connectivity index (χ1v) is 7.44. The Morgan fingerprint density at radius 3 is 2.55 bits per heavy atom. The molecule has 1 aromatic heterocycles. The fraction of sp³-hybridized carbons (Fsp3) is 0.571. The summed E-state index contributed by atoms with van der Waals surface area (Å²) in [5, 5.41) is 6.92. The van der Waals surface area contributed by atoms with Crippen LogP contribution in [0.5, 0.6) is 0 Å². The minimum atomic E-state index is -0.517. The summed E-state index contributed by atoms with van der Waals surface area (Å²) < 4.78 is 1.78. The second kappa shape index (κ2) is 5.11. The number of nitrogens with zero attached hydrogens (tertiary/aromatic N) is 5. The maximum atomic E-state index is 12.1. The Kier molecular flexibility index (Phi) is 3.38. The number of aliphatic imine (C=N–C) groups is 1. The fourth-order valence-electron chi connectivity index (χ4n) is 2.88. The third-order valence-corrected chi connectivity index (χ3v) is 4.23. The normalized spacial score (nSPS) is 24.5. The van der Waals surface area contributed by atoms with Crippen molar-refractivity contribution < 1.29 is 9.59 Å². The monoisotopic (exact) mass is 304 g/mol. The summed E-state index contributed by atoms with van der Waals surface area (Å²) in [7, 11) is 3.44. The minimum absolute atomic E-state index is 0.324. The molecule has 22 heavy (non-hydrogen) atoms. The molecule has 2 unspecified atom stereocenters. The van der Waals surface area contributed by atoms with Gasteiger partial charge in [-0.3, -0.25) is 10.1 Å². The van der Waals surface area contributed by atoms with Gasteiger partial charge in [0.05, 0.1) is 5.69 Å². The second-order valence-corrected chi connectivity index (χ2v) is 5.55. The van der Waals surface area contributed by atoms with Crippen LogP contribution >= 0.6 is 0 Å². The molecular formula is C14H20N6O2. The van der Waals surface area contributed by atoms with Gasteiger partial charge in [0.2, 0.25) is 5.96 Å². The number of nitrogens with one attached hydrogen (secondary N) is 1.